The highest BCUT2D eigenvalue weighted by Crippen LogP contribution is 2.31. The molecule has 4 nitrogen and oxygen atoms in total. The van der Waals surface area contributed by atoms with E-state index in [1.807, 2.05) is 17.0 Å². The highest BCUT2D eigenvalue weighted by molar-refractivity contribution is 6.30. The van der Waals surface area contributed by atoms with Gasteiger partial charge in [0.1, 0.15) is 5.82 Å². The van der Waals surface area contributed by atoms with E-state index >= 15 is 0 Å². The van der Waals surface area contributed by atoms with Crippen molar-refractivity contribution < 1.29 is 9.18 Å². The van der Waals surface area contributed by atoms with Crippen LogP contribution in [0, 0.1) is 5.82 Å². The fourth-order valence-electron chi connectivity index (χ4n) is 3.23. The molecule has 0 bridgehead atoms. The summed E-state index contributed by atoms with van der Waals surface area (Å²) in [6.07, 6.45) is 3.57. The maximum atomic E-state index is 13.9. The highest BCUT2D eigenvalue weighted by Gasteiger charge is 2.24. The summed E-state index contributed by atoms with van der Waals surface area (Å²) in [5, 5.41) is 4.46. The van der Waals surface area contributed by atoms with Crippen LogP contribution in [0.25, 0.3) is 10.9 Å². The first-order valence-corrected chi connectivity index (χ1v) is 8.90. The Morgan fingerprint density at radius 3 is 2.58 bits per heavy atom. The summed E-state index contributed by atoms with van der Waals surface area (Å²) in [4.78, 5) is 19.1. The number of nitrogens with one attached hydrogen (secondary N) is 1. The van der Waals surface area contributed by atoms with Crippen molar-refractivity contribution >= 4 is 39.8 Å². The summed E-state index contributed by atoms with van der Waals surface area (Å²) in [7, 11) is 0. The van der Waals surface area contributed by atoms with Gasteiger partial charge in [-0.3, -0.25) is 9.78 Å². The number of hydrogen-bond acceptors (Lipinski definition) is 3. The van der Waals surface area contributed by atoms with Crippen LogP contribution in [-0.4, -0.2) is 28.9 Å². The molecule has 0 aliphatic carbocycles. The third kappa shape index (κ3) is 3.22. The smallest absolute Gasteiger partial charge is 0.257 e. The van der Waals surface area contributed by atoms with Crippen LogP contribution in [0.2, 0.25) is 5.02 Å². The minimum atomic E-state index is -0.371. The van der Waals surface area contributed by atoms with Crippen molar-refractivity contribution in [3.63, 3.8) is 0 Å². The molecule has 2 heterocycles. The number of rotatable bonds is 3. The second-order valence-corrected chi connectivity index (χ2v) is 6.78. The van der Waals surface area contributed by atoms with E-state index in [-0.39, 0.29) is 11.7 Å². The van der Waals surface area contributed by atoms with Crippen LogP contribution < -0.4 is 5.32 Å². The zero-order valence-electron chi connectivity index (χ0n) is 14.0. The summed E-state index contributed by atoms with van der Waals surface area (Å²) in [6.45, 7) is 1.47. The van der Waals surface area contributed by atoms with Gasteiger partial charge in [0, 0.05) is 35.4 Å². The summed E-state index contributed by atoms with van der Waals surface area (Å²) >= 11 is 5.95. The van der Waals surface area contributed by atoms with E-state index in [4.69, 9.17) is 11.6 Å². The fourth-order valence-corrected chi connectivity index (χ4v) is 3.36. The van der Waals surface area contributed by atoms with Gasteiger partial charge in [0.15, 0.2) is 0 Å². The van der Waals surface area contributed by atoms with E-state index in [1.54, 1.807) is 24.4 Å². The Bertz CT molecular complexity index is 969. The van der Waals surface area contributed by atoms with Gasteiger partial charge in [-0.15, -0.1) is 0 Å². The number of carbonyl (C=O) groups excluding carboxylic acids is 1. The van der Waals surface area contributed by atoms with Gasteiger partial charge in [-0.2, -0.15) is 0 Å². The van der Waals surface area contributed by atoms with E-state index < -0.39 is 0 Å². The molecule has 132 valence electrons. The third-order valence-electron chi connectivity index (χ3n) is 4.57. The van der Waals surface area contributed by atoms with Crippen LogP contribution in [-0.2, 0) is 0 Å². The molecular weight excluding hydrogens is 353 g/mol. The standard InChI is InChI=1S/C20H17ClFN3O/c21-13-3-6-15(7-4-13)24-19-16-11-14(22)5-8-18(16)23-12-17(19)20(26)25-9-1-2-10-25/h3-8,11-12H,1-2,9-10H2,(H,23,24). The van der Waals surface area contributed by atoms with Gasteiger partial charge >= 0.3 is 0 Å². The lowest BCUT2D eigenvalue weighted by molar-refractivity contribution is 0.0793. The van der Waals surface area contributed by atoms with Crippen LogP contribution >= 0.6 is 11.6 Å². The van der Waals surface area contributed by atoms with Crippen molar-refractivity contribution in [2.45, 2.75) is 12.8 Å². The number of hydrogen-bond donors (Lipinski definition) is 1. The number of anilines is 2. The van der Waals surface area contributed by atoms with Gasteiger partial charge in [0.05, 0.1) is 16.8 Å². The molecule has 0 spiro atoms. The summed E-state index contributed by atoms with van der Waals surface area (Å²) < 4.78 is 13.9. The Kier molecular flexibility index (Phi) is 4.47. The molecule has 0 radical (unpaired) electrons. The molecule has 1 N–H and O–H groups in total. The molecule has 1 saturated heterocycles. The zero-order chi connectivity index (χ0) is 18.1. The van der Waals surface area contributed by atoms with Crippen LogP contribution in [0.15, 0.2) is 48.7 Å². The largest absolute Gasteiger partial charge is 0.354 e. The quantitative estimate of drug-likeness (QED) is 0.706. The Balaban J connectivity index is 1.84. The first-order valence-electron chi connectivity index (χ1n) is 8.52. The summed E-state index contributed by atoms with van der Waals surface area (Å²) in [6, 6.07) is 11.5. The predicted molar refractivity (Wildman–Crippen MR) is 102 cm³/mol. The van der Waals surface area contributed by atoms with Crippen molar-refractivity contribution in [1.82, 2.24) is 9.88 Å². The number of amides is 1. The SMILES string of the molecule is O=C(c1cnc2ccc(F)cc2c1Nc1ccc(Cl)cc1)N1CCCC1. The van der Waals surface area contributed by atoms with Gasteiger partial charge in [0.2, 0.25) is 0 Å². The topological polar surface area (TPSA) is 45.2 Å². The van der Waals surface area contributed by atoms with Crippen molar-refractivity contribution in [3.05, 3.63) is 65.1 Å². The van der Waals surface area contributed by atoms with E-state index in [2.05, 4.69) is 10.3 Å². The van der Waals surface area contributed by atoms with Crippen molar-refractivity contribution in [3.8, 4) is 0 Å². The van der Waals surface area contributed by atoms with E-state index in [9.17, 15) is 9.18 Å². The molecular formula is C20H17ClFN3O. The molecule has 0 atom stereocenters. The lowest BCUT2D eigenvalue weighted by Crippen LogP contribution is -2.28. The van der Waals surface area contributed by atoms with E-state index in [0.29, 0.717) is 27.2 Å². The molecule has 4 rings (SSSR count). The number of likely N-dealkylation sites (tertiary alicyclic amines) is 1. The van der Waals surface area contributed by atoms with Gasteiger partial charge in [-0.05, 0) is 55.3 Å². The number of aromatic nitrogens is 1. The molecule has 0 saturated carbocycles. The Morgan fingerprint density at radius 1 is 1.12 bits per heavy atom. The monoisotopic (exact) mass is 369 g/mol. The molecule has 1 aliphatic rings. The first-order chi connectivity index (χ1) is 12.6. The number of nitrogens with zero attached hydrogens (tertiary/aromatic N) is 2. The number of fused-ring (bicyclic) bond motifs is 1. The van der Waals surface area contributed by atoms with Crippen molar-refractivity contribution in [2.75, 3.05) is 18.4 Å². The average Bonchev–Trinajstić information content (AvgIpc) is 3.18. The second kappa shape index (κ2) is 6.92. The second-order valence-electron chi connectivity index (χ2n) is 6.34. The van der Waals surface area contributed by atoms with Gasteiger partial charge < -0.3 is 10.2 Å². The third-order valence-corrected chi connectivity index (χ3v) is 4.82. The van der Waals surface area contributed by atoms with Gasteiger partial charge in [0.25, 0.3) is 5.91 Å². The van der Waals surface area contributed by atoms with Gasteiger partial charge in [-0.1, -0.05) is 11.6 Å². The Morgan fingerprint density at radius 2 is 1.85 bits per heavy atom. The number of halogens is 2. The Labute approximate surface area is 155 Å². The van der Waals surface area contributed by atoms with Crippen molar-refractivity contribution in [1.29, 1.82) is 0 Å². The predicted octanol–water partition coefficient (Wildman–Crippen LogP) is 5.01. The molecule has 2 aromatic carbocycles. The minimum absolute atomic E-state index is 0.0855. The molecule has 1 aliphatic heterocycles. The lowest BCUT2D eigenvalue weighted by Gasteiger charge is -2.19. The number of carbonyl (C=O) groups is 1. The molecule has 26 heavy (non-hydrogen) atoms. The summed E-state index contributed by atoms with van der Waals surface area (Å²) in [5.41, 5.74) is 2.40. The van der Waals surface area contributed by atoms with Crippen LogP contribution in [0.3, 0.4) is 0 Å². The molecule has 1 aromatic heterocycles. The minimum Gasteiger partial charge on any atom is -0.354 e. The fraction of sp³-hybridized carbons (Fsp3) is 0.200. The molecule has 6 heteroatoms. The maximum Gasteiger partial charge on any atom is 0.257 e. The van der Waals surface area contributed by atoms with Gasteiger partial charge in [-0.25, -0.2) is 4.39 Å². The zero-order valence-corrected chi connectivity index (χ0v) is 14.8. The molecule has 1 fully saturated rings. The lowest BCUT2D eigenvalue weighted by atomic mass is 10.1. The van der Waals surface area contributed by atoms with Crippen LogP contribution in [0.1, 0.15) is 23.2 Å². The number of benzene rings is 2. The highest BCUT2D eigenvalue weighted by atomic mass is 35.5. The van der Waals surface area contributed by atoms with Crippen molar-refractivity contribution in [2.24, 2.45) is 0 Å². The molecule has 3 aromatic rings. The maximum absolute atomic E-state index is 13.9. The number of pyridine rings is 1. The van der Waals surface area contributed by atoms with Crippen LogP contribution in [0.4, 0.5) is 15.8 Å². The summed E-state index contributed by atoms with van der Waals surface area (Å²) in [5.74, 6) is -0.457. The normalized spacial score (nSPS) is 14.0. The molecule has 0 unspecified atom stereocenters. The van der Waals surface area contributed by atoms with E-state index in [0.717, 1.165) is 31.6 Å². The molecule has 1 amide bonds. The average molecular weight is 370 g/mol. The first kappa shape index (κ1) is 16.8. The van der Waals surface area contributed by atoms with Crippen LogP contribution in [0.5, 0.6) is 0 Å². The Hall–Kier alpha value is -2.66. The van der Waals surface area contributed by atoms with E-state index in [1.165, 1.54) is 12.1 Å².